The number of hydrogen-bond acceptors (Lipinski definition) is 2. The second-order valence-corrected chi connectivity index (χ2v) is 5.27. The lowest BCUT2D eigenvalue weighted by Crippen LogP contribution is -2.38. The third-order valence-corrected chi connectivity index (χ3v) is 3.23. The molecule has 1 aliphatic rings. The number of nitrogens with one attached hydrogen (secondary N) is 1. The SMILES string of the molecule is CC1(C)NC(=O)C(c2ccc(Cl)cc2Cl)=C1O. The van der Waals surface area contributed by atoms with Crippen LogP contribution in [0.15, 0.2) is 24.0 Å². The van der Waals surface area contributed by atoms with Crippen molar-refractivity contribution < 1.29 is 9.90 Å². The van der Waals surface area contributed by atoms with Crippen LogP contribution in [0.3, 0.4) is 0 Å². The summed E-state index contributed by atoms with van der Waals surface area (Å²) in [7, 11) is 0. The Kier molecular flexibility index (Phi) is 2.84. The molecule has 0 aromatic heterocycles. The Hall–Kier alpha value is -1.19. The molecule has 2 rings (SSSR count). The third kappa shape index (κ3) is 2.01. The molecule has 0 bridgehead atoms. The lowest BCUT2D eigenvalue weighted by molar-refractivity contribution is -0.115. The molecule has 1 aliphatic heterocycles. The number of halogens is 2. The molecule has 0 aliphatic carbocycles. The van der Waals surface area contributed by atoms with Crippen molar-refractivity contribution in [1.29, 1.82) is 0 Å². The van der Waals surface area contributed by atoms with Gasteiger partial charge in [0, 0.05) is 10.6 Å². The molecule has 1 amide bonds. The average molecular weight is 272 g/mol. The van der Waals surface area contributed by atoms with Gasteiger partial charge in [0.25, 0.3) is 5.91 Å². The van der Waals surface area contributed by atoms with Crippen LogP contribution in [0.5, 0.6) is 0 Å². The van der Waals surface area contributed by atoms with Crippen molar-refractivity contribution in [3.05, 3.63) is 39.6 Å². The van der Waals surface area contributed by atoms with Crippen LogP contribution in [0, 0.1) is 0 Å². The second kappa shape index (κ2) is 3.93. The minimum atomic E-state index is -0.768. The summed E-state index contributed by atoms with van der Waals surface area (Å²) in [5.41, 5.74) is -0.0802. The smallest absolute Gasteiger partial charge is 0.256 e. The molecular formula is C12H11Cl2NO2. The Bertz CT molecular complexity index is 535. The maximum atomic E-state index is 11.8. The standard InChI is InChI=1S/C12H11Cl2NO2/c1-12(2)10(16)9(11(17)15-12)7-4-3-6(13)5-8(7)14/h3-5,16H,1-2H3,(H,15,17). The summed E-state index contributed by atoms with van der Waals surface area (Å²) in [6.45, 7) is 3.44. The molecule has 17 heavy (non-hydrogen) atoms. The van der Waals surface area contributed by atoms with Crippen molar-refractivity contribution in [2.75, 3.05) is 0 Å². The average Bonchev–Trinajstić information content (AvgIpc) is 2.39. The van der Waals surface area contributed by atoms with Crippen LogP contribution in [0.25, 0.3) is 5.57 Å². The van der Waals surface area contributed by atoms with E-state index in [0.717, 1.165) is 0 Å². The first-order valence-corrected chi connectivity index (χ1v) is 5.80. The Labute approximate surface area is 109 Å². The zero-order valence-corrected chi connectivity index (χ0v) is 10.9. The molecule has 1 aromatic carbocycles. The van der Waals surface area contributed by atoms with Crippen LogP contribution in [0.2, 0.25) is 10.0 Å². The van der Waals surface area contributed by atoms with Crippen LogP contribution in [0.1, 0.15) is 19.4 Å². The molecule has 0 saturated carbocycles. The molecule has 3 nitrogen and oxygen atoms in total. The monoisotopic (exact) mass is 271 g/mol. The van der Waals surface area contributed by atoms with Gasteiger partial charge in [-0.05, 0) is 26.0 Å². The molecule has 0 unspecified atom stereocenters. The van der Waals surface area contributed by atoms with Gasteiger partial charge in [-0.1, -0.05) is 29.3 Å². The van der Waals surface area contributed by atoms with Gasteiger partial charge in [0.15, 0.2) is 0 Å². The van der Waals surface area contributed by atoms with Gasteiger partial charge in [0.1, 0.15) is 5.76 Å². The molecule has 2 N–H and O–H groups in total. The van der Waals surface area contributed by atoms with Gasteiger partial charge in [-0.15, -0.1) is 0 Å². The molecule has 0 radical (unpaired) electrons. The van der Waals surface area contributed by atoms with Crippen LogP contribution >= 0.6 is 23.2 Å². The van der Waals surface area contributed by atoms with E-state index in [2.05, 4.69) is 5.32 Å². The highest BCUT2D eigenvalue weighted by molar-refractivity contribution is 6.37. The number of benzene rings is 1. The molecule has 0 spiro atoms. The van der Waals surface area contributed by atoms with Gasteiger partial charge in [-0.3, -0.25) is 4.79 Å². The van der Waals surface area contributed by atoms with E-state index in [-0.39, 0.29) is 17.2 Å². The number of aliphatic hydroxyl groups is 1. The molecule has 5 heteroatoms. The van der Waals surface area contributed by atoms with Gasteiger partial charge in [-0.25, -0.2) is 0 Å². The number of carbonyl (C=O) groups excluding carboxylic acids is 1. The highest BCUT2D eigenvalue weighted by Crippen LogP contribution is 2.35. The normalized spacial score (nSPS) is 18.5. The van der Waals surface area contributed by atoms with Crippen molar-refractivity contribution in [1.82, 2.24) is 5.32 Å². The zero-order valence-electron chi connectivity index (χ0n) is 9.34. The maximum Gasteiger partial charge on any atom is 0.256 e. The number of carbonyl (C=O) groups is 1. The van der Waals surface area contributed by atoms with E-state index >= 15 is 0 Å². The Balaban J connectivity index is 2.61. The minimum Gasteiger partial charge on any atom is -0.509 e. The molecule has 1 heterocycles. The lowest BCUT2D eigenvalue weighted by atomic mass is 9.99. The Morgan fingerprint density at radius 1 is 1.29 bits per heavy atom. The summed E-state index contributed by atoms with van der Waals surface area (Å²) in [5.74, 6) is -0.344. The predicted octanol–water partition coefficient (Wildman–Crippen LogP) is 3.17. The third-order valence-electron chi connectivity index (χ3n) is 2.68. The number of hydrogen-bond donors (Lipinski definition) is 2. The van der Waals surface area contributed by atoms with E-state index in [9.17, 15) is 9.90 Å². The molecule has 90 valence electrons. The molecule has 0 saturated heterocycles. The second-order valence-electron chi connectivity index (χ2n) is 4.43. The highest BCUT2D eigenvalue weighted by Gasteiger charge is 2.39. The summed E-state index contributed by atoms with van der Waals surface area (Å²) < 4.78 is 0. The Morgan fingerprint density at radius 2 is 1.94 bits per heavy atom. The van der Waals surface area contributed by atoms with E-state index in [4.69, 9.17) is 23.2 Å². The van der Waals surface area contributed by atoms with E-state index in [1.54, 1.807) is 26.0 Å². The van der Waals surface area contributed by atoms with Crippen LogP contribution in [-0.2, 0) is 4.79 Å². The van der Waals surface area contributed by atoms with Gasteiger partial charge in [0.2, 0.25) is 0 Å². The minimum absolute atomic E-state index is 0.00766. The predicted molar refractivity (Wildman–Crippen MR) is 68.2 cm³/mol. The van der Waals surface area contributed by atoms with Crippen LogP contribution in [0.4, 0.5) is 0 Å². The van der Waals surface area contributed by atoms with Crippen molar-refractivity contribution in [2.45, 2.75) is 19.4 Å². The van der Waals surface area contributed by atoms with Gasteiger partial charge >= 0.3 is 0 Å². The summed E-state index contributed by atoms with van der Waals surface area (Å²) in [6, 6.07) is 4.79. The molecule has 1 aromatic rings. The topological polar surface area (TPSA) is 49.3 Å². The summed E-state index contributed by atoms with van der Waals surface area (Å²) >= 11 is 11.8. The Morgan fingerprint density at radius 3 is 2.41 bits per heavy atom. The van der Waals surface area contributed by atoms with Crippen molar-refractivity contribution >= 4 is 34.7 Å². The first-order chi connectivity index (χ1) is 7.83. The van der Waals surface area contributed by atoms with Crippen LogP contribution in [-0.4, -0.2) is 16.6 Å². The quantitative estimate of drug-likeness (QED) is 0.824. The fourth-order valence-electron chi connectivity index (χ4n) is 1.77. The van der Waals surface area contributed by atoms with Crippen LogP contribution < -0.4 is 5.32 Å². The summed E-state index contributed by atoms with van der Waals surface area (Å²) in [4.78, 5) is 11.8. The zero-order chi connectivity index (χ0) is 12.8. The van der Waals surface area contributed by atoms with Gasteiger partial charge < -0.3 is 10.4 Å². The maximum absolute atomic E-state index is 11.8. The molecule has 0 atom stereocenters. The number of aliphatic hydroxyl groups excluding tert-OH is 1. The first kappa shape index (κ1) is 12.3. The molecule has 0 fully saturated rings. The number of rotatable bonds is 1. The summed E-state index contributed by atoms with van der Waals surface area (Å²) in [6.07, 6.45) is 0. The van der Waals surface area contributed by atoms with Gasteiger partial charge in [0.05, 0.1) is 16.1 Å². The largest absolute Gasteiger partial charge is 0.509 e. The first-order valence-electron chi connectivity index (χ1n) is 5.04. The van der Waals surface area contributed by atoms with Crippen molar-refractivity contribution in [3.8, 4) is 0 Å². The summed E-state index contributed by atoms with van der Waals surface area (Å²) in [5, 5.41) is 13.5. The van der Waals surface area contributed by atoms with E-state index in [1.807, 2.05) is 0 Å². The number of amides is 1. The highest BCUT2D eigenvalue weighted by atomic mass is 35.5. The lowest BCUT2D eigenvalue weighted by Gasteiger charge is -2.17. The fourth-order valence-corrected chi connectivity index (χ4v) is 2.27. The van der Waals surface area contributed by atoms with Gasteiger partial charge in [-0.2, -0.15) is 0 Å². The molecular weight excluding hydrogens is 261 g/mol. The van der Waals surface area contributed by atoms with Crippen molar-refractivity contribution in [3.63, 3.8) is 0 Å². The van der Waals surface area contributed by atoms with Crippen molar-refractivity contribution in [2.24, 2.45) is 0 Å². The fraction of sp³-hybridized carbons (Fsp3) is 0.250. The van der Waals surface area contributed by atoms with E-state index in [0.29, 0.717) is 15.6 Å². The van der Waals surface area contributed by atoms with E-state index < -0.39 is 5.54 Å². The van der Waals surface area contributed by atoms with E-state index in [1.165, 1.54) is 6.07 Å².